The first-order chi connectivity index (χ1) is 19.2. The Morgan fingerprint density at radius 1 is 0.925 bits per heavy atom. The number of amides is 2. The molecule has 3 rings (SSSR count). The van der Waals surface area contributed by atoms with Gasteiger partial charge < -0.3 is 15.0 Å². The van der Waals surface area contributed by atoms with Crippen LogP contribution in [0.15, 0.2) is 83.8 Å². The molecule has 40 heavy (non-hydrogen) atoms. The molecule has 1 N–H and O–H groups in total. The molecule has 3 aromatic rings. The van der Waals surface area contributed by atoms with Crippen LogP contribution in [0.25, 0.3) is 0 Å². The highest BCUT2D eigenvalue weighted by atomic mass is 35.5. The van der Waals surface area contributed by atoms with E-state index in [-0.39, 0.29) is 17.3 Å². The molecule has 10 heteroatoms. The van der Waals surface area contributed by atoms with Crippen molar-refractivity contribution in [2.45, 2.75) is 51.1 Å². The second-order valence-corrected chi connectivity index (χ2v) is 11.3. The number of para-hydroxylation sites is 1. The van der Waals surface area contributed by atoms with Crippen LogP contribution in [0.1, 0.15) is 39.2 Å². The normalized spacial score (nSPS) is 11.9. The van der Waals surface area contributed by atoms with Crippen LogP contribution in [0.4, 0.5) is 5.69 Å². The maximum Gasteiger partial charge on any atom is 0.264 e. The molecular formula is C30H36ClN3O5S. The number of carbonyl (C=O) groups excluding carboxylic acids is 2. The third-order valence-electron chi connectivity index (χ3n) is 6.28. The summed E-state index contributed by atoms with van der Waals surface area (Å²) in [5.74, 6) is -0.291. The second-order valence-electron chi connectivity index (χ2n) is 9.08. The number of nitrogens with one attached hydrogen (secondary N) is 1. The van der Waals surface area contributed by atoms with Crippen LogP contribution in [0.3, 0.4) is 0 Å². The Balaban J connectivity index is 2.02. The van der Waals surface area contributed by atoms with Gasteiger partial charge >= 0.3 is 0 Å². The van der Waals surface area contributed by atoms with Crippen molar-refractivity contribution >= 4 is 39.1 Å². The number of anilines is 1. The Morgan fingerprint density at radius 3 is 2.17 bits per heavy atom. The molecule has 0 aliphatic rings. The van der Waals surface area contributed by atoms with Crippen LogP contribution in [0.5, 0.6) is 5.75 Å². The van der Waals surface area contributed by atoms with E-state index in [0.29, 0.717) is 41.6 Å². The Morgan fingerprint density at radius 2 is 1.57 bits per heavy atom. The predicted octanol–water partition coefficient (Wildman–Crippen LogP) is 5.27. The van der Waals surface area contributed by atoms with Crippen molar-refractivity contribution in [1.29, 1.82) is 0 Å². The van der Waals surface area contributed by atoms with Crippen molar-refractivity contribution in [3.8, 4) is 5.75 Å². The van der Waals surface area contributed by atoms with E-state index in [4.69, 9.17) is 16.3 Å². The highest BCUT2D eigenvalue weighted by molar-refractivity contribution is 7.92. The molecule has 0 unspecified atom stereocenters. The molecule has 0 saturated carbocycles. The molecule has 0 bridgehead atoms. The lowest BCUT2D eigenvalue weighted by molar-refractivity contribution is -0.140. The van der Waals surface area contributed by atoms with E-state index in [1.54, 1.807) is 66.7 Å². The quantitative estimate of drug-likeness (QED) is 0.278. The molecule has 0 aliphatic carbocycles. The highest BCUT2D eigenvalue weighted by Crippen LogP contribution is 2.26. The van der Waals surface area contributed by atoms with Crippen LogP contribution < -0.4 is 14.4 Å². The average molecular weight is 586 g/mol. The summed E-state index contributed by atoms with van der Waals surface area (Å²) in [5.41, 5.74) is 0.978. The molecule has 0 fully saturated rings. The minimum atomic E-state index is -4.16. The molecule has 0 saturated heterocycles. The van der Waals surface area contributed by atoms with Gasteiger partial charge in [-0.25, -0.2) is 8.42 Å². The SMILES string of the molecule is CCCNC(=O)[C@@H](CC)N(Cc1ccccc1Cl)C(=O)CN(c1ccccc1)S(=O)(=O)c1ccc(OCC)cc1. The summed E-state index contributed by atoms with van der Waals surface area (Å²) in [6, 6.07) is 20.8. The van der Waals surface area contributed by atoms with E-state index in [2.05, 4.69) is 5.32 Å². The lowest BCUT2D eigenvalue weighted by Gasteiger charge is -2.33. The smallest absolute Gasteiger partial charge is 0.264 e. The van der Waals surface area contributed by atoms with Crippen molar-refractivity contribution in [2.24, 2.45) is 0 Å². The Hall–Kier alpha value is -3.56. The summed E-state index contributed by atoms with van der Waals surface area (Å²) < 4.78 is 34.3. The van der Waals surface area contributed by atoms with Gasteiger partial charge in [0.2, 0.25) is 11.8 Å². The molecule has 3 aromatic carbocycles. The molecule has 1 atom stereocenters. The van der Waals surface area contributed by atoms with Crippen molar-refractivity contribution < 1.29 is 22.7 Å². The van der Waals surface area contributed by atoms with E-state index in [0.717, 1.165) is 10.7 Å². The van der Waals surface area contributed by atoms with Gasteiger partial charge in [0.1, 0.15) is 18.3 Å². The Labute approximate surface area is 241 Å². The van der Waals surface area contributed by atoms with Gasteiger partial charge in [-0.15, -0.1) is 0 Å². The van der Waals surface area contributed by atoms with Crippen LogP contribution in [0.2, 0.25) is 5.02 Å². The molecule has 214 valence electrons. The number of hydrogen-bond donors (Lipinski definition) is 1. The first-order valence-electron chi connectivity index (χ1n) is 13.3. The van der Waals surface area contributed by atoms with E-state index in [9.17, 15) is 18.0 Å². The molecule has 0 aromatic heterocycles. The maximum absolute atomic E-state index is 14.0. The highest BCUT2D eigenvalue weighted by Gasteiger charge is 2.33. The number of halogens is 1. The molecular weight excluding hydrogens is 550 g/mol. The lowest BCUT2D eigenvalue weighted by Crippen LogP contribution is -2.52. The van der Waals surface area contributed by atoms with Gasteiger partial charge in [0.15, 0.2) is 0 Å². The van der Waals surface area contributed by atoms with E-state index in [1.165, 1.54) is 17.0 Å². The molecule has 2 amide bonds. The molecule has 0 spiro atoms. The maximum atomic E-state index is 14.0. The summed E-state index contributed by atoms with van der Waals surface area (Å²) in [7, 11) is -4.16. The number of ether oxygens (including phenoxy) is 1. The van der Waals surface area contributed by atoms with Crippen molar-refractivity contribution in [1.82, 2.24) is 10.2 Å². The van der Waals surface area contributed by atoms with E-state index >= 15 is 0 Å². The number of sulfonamides is 1. The van der Waals surface area contributed by atoms with E-state index in [1.807, 2.05) is 20.8 Å². The fraction of sp³-hybridized carbons (Fsp3) is 0.333. The molecule has 8 nitrogen and oxygen atoms in total. The minimum Gasteiger partial charge on any atom is -0.494 e. The Kier molecular flexibility index (Phi) is 11.4. The minimum absolute atomic E-state index is 0.0120. The fourth-order valence-corrected chi connectivity index (χ4v) is 5.83. The summed E-state index contributed by atoms with van der Waals surface area (Å²) in [5, 5.41) is 3.32. The number of carbonyl (C=O) groups is 2. The summed E-state index contributed by atoms with van der Waals surface area (Å²) in [4.78, 5) is 28.6. The zero-order valence-electron chi connectivity index (χ0n) is 23.0. The van der Waals surface area contributed by atoms with Crippen LogP contribution in [-0.4, -0.2) is 50.9 Å². The van der Waals surface area contributed by atoms with Crippen LogP contribution in [0, 0.1) is 0 Å². The van der Waals surface area contributed by atoms with Crippen molar-refractivity contribution in [3.05, 3.63) is 89.4 Å². The summed E-state index contributed by atoms with van der Waals surface area (Å²) in [6.45, 7) is 6.04. The number of nitrogens with zero attached hydrogens (tertiary/aromatic N) is 2. The average Bonchev–Trinajstić information content (AvgIpc) is 2.96. The van der Waals surface area contributed by atoms with Gasteiger partial charge in [-0.05, 0) is 67.8 Å². The second kappa shape index (κ2) is 14.7. The first-order valence-corrected chi connectivity index (χ1v) is 15.2. The van der Waals surface area contributed by atoms with Gasteiger partial charge in [-0.3, -0.25) is 13.9 Å². The van der Waals surface area contributed by atoms with Crippen molar-refractivity contribution in [3.63, 3.8) is 0 Å². The molecule has 0 aliphatic heterocycles. The molecule has 0 radical (unpaired) electrons. The van der Waals surface area contributed by atoms with E-state index < -0.39 is 28.5 Å². The zero-order chi connectivity index (χ0) is 29.1. The van der Waals surface area contributed by atoms with Gasteiger partial charge in [-0.1, -0.05) is 61.8 Å². The largest absolute Gasteiger partial charge is 0.494 e. The number of benzene rings is 3. The van der Waals surface area contributed by atoms with Crippen molar-refractivity contribution in [2.75, 3.05) is 24.0 Å². The summed E-state index contributed by atoms with van der Waals surface area (Å²) in [6.07, 6.45) is 1.07. The van der Waals surface area contributed by atoms with Gasteiger partial charge in [0.05, 0.1) is 17.2 Å². The monoisotopic (exact) mass is 585 g/mol. The van der Waals surface area contributed by atoms with Crippen LogP contribution >= 0.6 is 11.6 Å². The molecule has 0 heterocycles. The topological polar surface area (TPSA) is 96.0 Å². The van der Waals surface area contributed by atoms with Gasteiger partial charge in [0, 0.05) is 18.1 Å². The number of rotatable bonds is 14. The fourth-order valence-electron chi connectivity index (χ4n) is 4.22. The Bertz CT molecular complexity index is 1370. The lowest BCUT2D eigenvalue weighted by atomic mass is 10.1. The predicted molar refractivity (Wildman–Crippen MR) is 158 cm³/mol. The number of hydrogen-bond acceptors (Lipinski definition) is 5. The zero-order valence-corrected chi connectivity index (χ0v) is 24.6. The summed E-state index contributed by atoms with van der Waals surface area (Å²) >= 11 is 6.42. The van der Waals surface area contributed by atoms with Crippen LogP contribution in [-0.2, 0) is 26.2 Å². The first kappa shape index (κ1) is 31.0. The van der Waals surface area contributed by atoms with Gasteiger partial charge in [0.25, 0.3) is 10.0 Å². The van der Waals surface area contributed by atoms with Gasteiger partial charge in [-0.2, -0.15) is 0 Å². The standard InChI is InChI=1S/C30H36ClN3O5S/c1-4-20-32-30(36)28(5-2)33(21-23-12-10-11-15-27(23)31)29(35)22-34(24-13-8-7-9-14-24)40(37,38)26-18-16-25(17-19-26)39-6-3/h7-19,28H,4-6,20-22H2,1-3H3,(H,32,36)/t28-/m1/s1. The third kappa shape index (κ3) is 7.76. The third-order valence-corrected chi connectivity index (χ3v) is 8.44.